The number of amides is 1. The van der Waals surface area contributed by atoms with Crippen LogP contribution >= 0.6 is 35.4 Å². The molecular formula is C21H20Cl2F3N3O2S. The standard InChI is InChI=1S/C21H20Cl2F3N3O2S/c1-31-18-14(10-13(22)11-15(18)23)19(30)28-20(32)27-16-9-12(21(24,25)26)5-6-17(16)29-7-3-2-4-8-29/h5-6,9-11H,2-4,7-8H2,1H3,(H2,27,28,30,32). The number of alkyl halides is 3. The fourth-order valence-corrected chi connectivity index (χ4v) is 4.26. The summed E-state index contributed by atoms with van der Waals surface area (Å²) in [6.45, 7) is 1.44. The van der Waals surface area contributed by atoms with E-state index in [9.17, 15) is 18.0 Å². The average Bonchev–Trinajstić information content (AvgIpc) is 2.73. The Morgan fingerprint density at radius 2 is 1.81 bits per heavy atom. The molecule has 5 nitrogen and oxygen atoms in total. The largest absolute Gasteiger partial charge is 0.494 e. The number of halogens is 5. The van der Waals surface area contributed by atoms with Gasteiger partial charge in [-0.1, -0.05) is 23.2 Å². The maximum atomic E-state index is 13.3. The summed E-state index contributed by atoms with van der Waals surface area (Å²) in [5.41, 5.74) is -0.0478. The fourth-order valence-electron chi connectivity index (χ4n) is 3.48. The number of carbonyl (C=O) groups excluding carboxylic acids is 1. The number of benzene rings is 2. The first-order chi connectivity index (χ1) is 15.1. The molecule has 32 heavy (non-hydrogen) atoms. The van der Waals surface area contributed by atoms with Crippen LogP contribution in [0.4, 0.5) is 24.5 Å². The van der Waals surface area contributed by atoms with Gasteiger partial charge in [0.25, 0.3) is 5.91 Å². The molecule has 1 heterocycles. The number of carbonyl (C=O) groups is 1. The molecule has 0 bridgehead atoms. The predicted octanol–water partition coefficient (Wildman–Crippen LogP) is 6.14. The Morgan fingerprint density at radius 3 is 2.44 bits per heavy atom. The van der Waals surface area contributed by atoms with E-state index in [0.717, 1.165) is 44.5 Å². The molecule has 2 N–H and O–H groups in total. The summed E-state index contributed by atoms with van der Waals surface area (Å²) in [5, 5.41) is 5.36. The van der Waals surface area contributed by atoms with Crippen LogP contribution in [0.2, 0.25) is 10.0 Å². The van der Waals surface area contributed by atoms with E-state index in [2.05, 4.69) is 10.6 Å². The van der Waals surface area contributed by atoms with Crippen molar-refractivity contribution in [3.63, 3.8) is 0 Å². The molecule has 1 amide bonds. The minimum absolute atomic E-state index is 0.0365. The predicted molar refractivity (Wildman–Crippen MR) is 124 cm³/mol. The molecule has 172 valence electrons. The van der Waals surface area contributed by atoms with Gasteiger partial charge in [0.05, 0.1) is 34.6 Å². The van der Waals surface area contributed by atoms with E-state index >= 15 is 0 Å². The van der Waals surface area contributed by atoms with Crippen LogP contribution in [0.1, 0.15) is 35.2 Å². The number of ether oxygens (including phenoxy) is 1. The van der Waals surface area contributed by atoms with E-state index in [4.69, 9.17) is 40.2 Å². The Kier molecular flexibility index (Phi) is 7.74. The molecule has 0 atom stereocenters. The third-order valence-electron chi connectivity index (χ3n) is 4.95. The number of hydrogen-bond donors (Lipinski definition) is 2. The zero-order valence-electron chi connectivity index (χ0n) is 17.0. The number of hydrogen-bond acceptors (Lipinski definition) is 4. The van der Waals surface area contributed by atoms with Crippen molar-refractivity contribution in [2.45, 2.75) is 25.4 Å². The molecule has 3 rings (SSSR count). The zero-order valence-corrected chi connectivity index (χ0v) is 19.3. The Balaban J connectivity index is 1.85. The molecular weight excluding hydrogens is 486 g/mol. The van der Waals surface area contributed by atoms with E-state index in [1.807, 2.05) is 4.90 Å². The minimum Gasteiger partial charge on any atom is -0.494 e. The summed E-state index contributed by atoms with van der Waals surface area (Å²) in [5.74, 6) is -0.570. The first-order valence-corrected chi connectivity index (χ1v) is 10.9. The smallest absolute Gasteiger partial charge is 0.416 e. The van der Waals surface area contributed by atoms with Gasteiger partial charge in [-0.15, -0.1) is 0 Å². The molecule has 0 aliphatic carbocycles. The number of methoxy groups -OCH3 is 1. The number of piperidine rings is 1. The van der Waals surface area contributed by atoms with Crippen LogP contribution < -0.4 is 20.3 Å². The van der Waals surface area contributed by atoms with Crippen molar-refractivity contribution < 1.29 is 22.7 Å². The lowest BCUT2D eigenvalue weighted by atomic mass is 10.1. The van der Waals surface area contributed by atoms with Crippen molar-refractivity contribution in [2.24, 2.45) is 0 Å². The molecule has 0 unspecified atom stereocenters. The van der Waals surface area contributed by atoms with Crippen LogP contribution in [0.25, 0.3) is 0 Å². The number of thiocarbonyl (C=S) groups is 1. The Hall–Kier alpha value is -2.23. The number of nitrogens with one attached hydrogen (secondary N) is 2. The normalized spacial score (nSPS) is 14.1. The van der Waals surface area contributed by atoms with Crippen molar-refractivity contribution in [1.29, 1.82) is 0 Å². The van der Waals surface area contributed by atoms with Crippen molar-refractivity contribution >= 4 is 57.8 Å². The van der Waals surface area contributed by atoms with Gasteiger partial charge in [0.1, 0.15) is 5.75 Å². The molecule has 2 aromatic rings. The third-order valence-corrected chi connectivity index (χ3v) is 5.66. The van der Waals surface area contributed by atoms with Gasteiger partial charge in [0.15, 0.2) is 5.11 Å². The number of anilines is 2. The van der Waals surface area contributed by atoms with Gasteiger partial charge >= 0.3 is 6.18 Å². The summed E-state index contributed by atoms with van der Waals surface area (Å²) in [6, 6.07) is 6.21. The molecule has 1 saturated heterocycles. The molecule has 11 heteroatoms. The molecule has 0 radical (unpaired) electrons. The lowest BCUT2D eigenvalue weighted by Crippen LogP contribution is -2.36. The second-order valence-corrected chi connectivity index (χ2v) is 8.41. The summed E-state index contributed by atoms with van der Waals surface area (Å²) < 4.78 is 45.0. The van der Waals surface area contributed by atoms with Gasteiger partial charge in [-0.3, -0.25) is 10.1 Å². The zero-order chi connectivity index (χ0) is 23.5. The minimum atomic E-state index is -4.52. The second-order valence-electron chi connectivity index (χ2n) is 7.15. The summed E-state index contributed by atoms with van der Waals surface area (Å²) in [7, 11) is 1.34. The van der Waals surface area contributed by atoms with Gasteiger partial charge in [0.2, 0.25) is 0 Å². The van der Waals surface area contributed by atoms with Gasteiger partial charge in [-0.25, -0.2) is 0 Å². The molecule has 0 spiro atoms. The lowest BCUT2D eigenvalue weighted by molar-refractivity contribution is -0.137. The SMILES string of the molecule is COc1c(Cl)cc(Cl)cc1C(=O)NC(=S)Nc1cc(C(F)(F)F)ccc1N1CCCCC1. The molecule has 1 fully saturated rings. The van der Waals surface area contributed by atoms with Crippen molar-refractivity contribution in [3.8, 4) is 5.75 Å². The molecule has 0 aromatic heterocycles. The van der Waals surface area contributed by atoms with E-state index in [-0.39, 0.29) is 32.2 Å². The van der Waals surface area contributed by atoms with Crippen molar-refractivity contribution in [2.75, 3.05) is 30.4 Å². The molecule has 1 aliphatic rings. The Morgan fingerprint density at radius 1 is 1.12 bits per heavy atom. The number of nitrogens with zero attached hydrogens (tertiary/aromatic N) is 1. The average molecular weight is 506 g/mol. The molecule has 0 saturated carbocycles. The maximum Gasteiger partial charge on any atom is 0.416 e. The van der Waals surface area contributed by atoms with Gasteiger partial charge in [-0.05, 0) is 61.8 Å². The van der Waals surface area contributed by atoms with Crippen LogP contribution in [0.15, 0.2) is 30.3 Å². The van der Waals surface area contributed by atoms with E-state index in [1.54, 1.807) is 0 Å². The van der Waals surface area contributed by atoms with Crippen molar-refractivity contribution in [1.82, 2.24) is 5.32 Å². The van der Waals surface area contributed by atoms with Crippen LogP contribution in [0.3, 0.4) is 0 Å². The van der Waals surface area contributed by atoms with Crippen LogP contribution in [-0.4, -0.2) is 31.2 Å². The lowest BCUT2D eigenvalue weighted by Gasteiger charge is -2.31. The summed E-state index contributed by atoms with van der Waals surface area (Å²) in [4.78, 5) is 14.7. The van der Waals surface area contributed by atoms with Crippen LogP contribution in [0, 0.1) is 0 Å². The monoisotopic (exact) mass is 505 g/mol. The quantitative estimate of drug-likeness (QED) is 0.489. The maximum absolute atomic E-state index is 13.3. The van der Waals surface area contributed by atoms with E-state index in [0.29, 0.717) is 5.69 Å². The Labute approximate surface area is 198 Å². The van der Waals surface area contributed by atoms with Crippen molar-refractivity contribution in [3.05, 3.63) is 51.5 Å². The van der Waals surface area contributed by atoms with Crippen LogP contribution in [0.5, 0.6) is 5.75 Å². The van der Waals surface area contributed by atoms with Gasteiger partial charge < -0.3 is 15.0 Å². The van der Waals surface area contributed by atoms with Gasteiger partial charge in [-0.2, -0.15) is 13.2 Å². The number of rotatable bonds is 4. The highest BCUT2D eigenvalue weighted by Crippen LogP contribution is 2.36. The Bertz CT molecular complexity index is 1030. The second kappa shape index (κ2) is 10.1. The topological polar surface area (TPSA) is 53.6 Å². The highest BCUT2D eigenvalue weighted by molar-refractivity contribution is 7.80. The van der Waals surface area contributed by atoms with E-state index in [1.165, 1.54) is 25.3 Å². The fraction of sp³-hybridized carbons (Fsp3) is 0.333. The highest BCUT2D eigenvalue weighted by Gasteiger charge is 2.32. The molecule has 1 aliphatic heterocycles. The molecule has 2 aromatic carbocycles. The first kappa shape index (κ1) is 24.4. The summed E-state index contributed by atoms with van der Waals surface area (Å²) >= 11 is 17.2. The summed E-state index contributed by atoms with van der Waals surface area (Å²) in [6.07, 6.45) is -1.57. The first-order valence-electron chi connectivity index (χ1n) is 9.71. The van der Waals surface area contributed by atoms with Gasteiger partial charge in [0, 0.05) is 18.1 Å². The third kappa shape index (κ3) is 5.76. The van der Waals surface area contributed by atoms with Crippen LogP contribution in [-0.2, 0) is 6.18 Å². The highest BCUT2D eigenvalue weighted by atomic mass is 35.5. The van der Waals surface area contributed by atoms with E-state index < -0.39 is 17.6 Å².